The number of carboxylic acid groups (broad SMARTS) is 1. The van der Waals surface area contributed by atoms with E-state index in [0.717, 1.165) is 12.0 Å². The van der Waals surface area contributed by atoms with Crippen LogP contribution in [0.5, 0.6) is 0 Å². The van der Waals surface area contributed by atoms with Gasteiger partial charge in [-0.1, -0.05) is 6.92 Å². The van der Waals surface area contributed by atoms with Crippen LogP contribution in [0.4, 0.5) is 0 Å². The van der Waals surface area contributed by atoms with E-state index >= 15 is 0 Å². The predicted octanol–water partition coefficient (Wildman–Crippen LogP) is 0.449. The number of aliphatic hydroxyl groups is 3. The fourth-order valence-electron chi connectivity index (χ4n) is 8.47. The molecule has 4 fully saturated rings. The zero-order valence-corrected chi connectivity index (χ0v) is 17.4. The van der Waals surface area contributed by atoms with Gasteiger partial charge in [-0.15, -0.1) is 0 Å². The van der Waals surface area contributed by atoms with Crippen molar-refractivity contribution in [2.24, 2.45) is 28.6 Å². The van der Waals surface area contributed by atoms with Crippen LogP contribution in [-0.4, -0.2) is 51.2 Å². The molecule has 7 nitrogen and oxygen atoms in total. The number of aliphatic hydroxyl groups excluding tert-OH is 1. The summed E-state index contributed by atoms with van der Waals surface area (Å²) in [5.41, 5.74) is -3.53. The lowest BCUT2D eigenvalue weighted by atomic mass is 9.41. The molecule has 0 unspecified atom stereocenters. The topological polar surface area (TPSA) is 127 Å². The van der Waals surface area contributed by atoms with Gasteiger partial charge in [0.1, 0.15) is 6.61 Å². The van der Waals surface area contributed by atoms with Gasteiger partial charge in [-0.25, -0.2) is 4.79 Å². The molecule has 0 radical (unpaired) electrons. The lowest BCUT2D eigenvalue weighted by Gasteiger charge is -2.67. The van der Waals surface area contributed by atoms with Crippen LogP contribution in [0.25, 0.3) is 0 Å². The fourth-order valence-corrected chi connectivity index (χ4v) is 8.47. The molecule has 1 heterocycles. The van der Waals surface area contributed by atoms with Crippen molar-refractivity contribution in [3.8, 4) is 0 Å². The highest BCUT2D eigenvalue weighted by Gasteiger charge is 2.71. The summed E-state index contributed by atoms with van der Waals surface area (Å²) in [4.78, 5) is 24.2. The molecule has 0 aromatic carbocycles. The van der Waals surface area contributed by atoms with Gasteiger partial charge in [-0.05, 0) is 74.7 Å². The number of carboxylic acids is 1. The third-order valence-electron chi connectivity index (χ3n) is 9.92. The molecule has 4 aliphatic carbocycles. The van der Waals surface area contributed by atoms with Crippen molar-refractivity contribution in [2.75, 3.05) is 6.61 Å². The Morgan fingerprint density at radius 2 is 1.83 bits per heavy atom. The minimum absolute atomic E-state index is 0.0304. The SMILES string of the molecule is C[C@]12CC[C@H]3[C@H](CC[C@@]4(O)C[C@@H](O)CC[C@]34C(=O)[O-])[C@@]1(O)CC[C@H]2C1=CC(=O)OC1. The van der Waals surface area contributed by atoms with Crippen molar-refractivity contribution in [2.45, 2.75) is 82.0 Å². The smallest absolute Gasteiger partial charge is 0.331 e. The van der Waals surface area contributed by atoms with Gasteiger partial charge in [0.05, 0.1) is 23.3 Å². The van der Waals surface area contributed by atoms with Crippen LogP contribution in [0.2, 0.25) is 0 Å². The van der Waals surface area contributed by atoms with E-state index in [4.69, 9.17) is 4.74 Å². The molecule has 5 aliphatic rings. The minimum atomic E-state index is -1.50. The Morgan fingerprint density at radius 1 is 1.10 bits per heavy atom. The molecule has 166 valence electrons. The highest BCUT2D eigenvalue weighted by atomic mass is 16.5. The quantitative estimate of drug-likeness (QED) is 0.555. The second-order valence-corrected chi connectivity index (χ2v) is 10.7. The summed E-state index contributed by atoms with van der Waals surface area (Å²) >= 11 is 0. The summed E-state index contributed by atoms with van der Waals surface area (Å²) in [5, 5.41) is 46.2. The zero-order chi connectivity index (χ0) is 21.5. The van der Waals surface area contributed by atoms with E-state index in [-0.39, 0.29) is 49.6 Å². The van der Waals surface area contributed by atoms with Crippen LogP contribution in [0.3, 0.4) is 0 Å². The van der Waals surface area contributed by atoms with Crippen LogP contribution >= 0.6 is 0 Å². The predicted molar refractivity (Wildman–Crippen MR) is 103 cm³/mol. The van der Waals surface area contributed by atoms with Gasteiger partial charge >= 0.3 is 5.97 Å². The summed E-state index contributed by atoms with van der Waals surface area (Å²) in [6, 6.07) is 0. The van der Waals surface area contributed by atoms with E-state index in [9.17, 15) is 30.0 Å². The average molecular weight is 419 g/mol. The monoisotopic (exact) mass is 419 g/mol. The summed E-state index contributed by atoms with van der Waals surface area (Å²) in [6.07, 6.45) is 4.64. The Morgan fingerprint density at radius 3 is 2.50 bits per heavy atom. The molecule has 5 rings (SSSR count). The van der Waals surface area contributed by atoms with Gasteiger partial charge in [0, 0.05) is 23.3 Å². The third-order valence-corrected chi connectivity index (χ3v) is 9.92. The molecule has 0 aromatic heterocycles. The fraction of sp³-hybridized carbons (Fsp3) is 0.826. The van der Waals surface area contributed by atoms with Crippen molar-refractivity contribution in [1.82, 2.24) is 0 Å². The highest BCUT2D eigenvalue weighted by molar-refractivity contribution is 5.85. The van der Waals surface area contributed by atoms with Gasteiger partial charge in [0.2, 0.25) is 0 Å². The second-order valence-electron chi connectivity index (χ2n) is 10.7. The molecule has 1 aliphatic heterocycles. The first kappa shape index (κ1) is 20.5. The maximum Gasteiger partial charge on any atom is 0.331 e. The maximum atomic E-state index is 12.6. The molecular weight excluding hydrogens is 388 g/mol. The number of esters is 1. The van der Waals surface area contributed by atoms with Crippen molar-refractivity contribution in [3.63, 3.8) is 0 Å². The van der Waals surface area contributed by atoms with Crippen molar-refractivity contribution >= 4 is 11.9 Å². The van der Waals surface area contributed by atoms with Crippen LogP contribution < -0.4 is 5.11 Å². The molecule has 7 heteroatoms. The van der Waals surface area contributed by atoms with Crippen LogP contribution in [0.15, 0.2) is 11.6 Å². The molecule has 0 amide bonds. The molecule has 8 atom stereocenters. The average Bonchev–Trinajstić information content (AvgIpc) is 3.21. The first-order valence-electron chi connectivity index (χ1n) is 11.3. The molecule has 0 saturated heterocycles. The molecule has 4 saturated carbocycles. The van der Waals surface area contributed by atoms with E-state index in [0.29, 0.717) is 32.1 Å². The largest absolute Gasteiger partial charge is 0.549 e. The number of aliphatic carboxylic acids is 1. The zero-order valence-electron chi connectivity index (χ0n) is 17.4. The second kappa shape index (κ2) is 6.30. The molecule has 0 aromatic rings. The van der Waals surface area contributed by atoms with Crippen LogP contribution in [-0.2, 0) is 14.3 Å². The van der Waals surface area contributed by atoms with E-state index in [1.54, 1.807) is 6.08 Å². The van der Waals surface area contributed by atoms with Gasteiger partial charge in [0.25, 0.3) is 0 Å². The maximum absolute atomic E-state index is 12.6. The minimum Gasteiger partial charge on any atom is -0.549 e. The first-order chi connectivity index (χ1) is 14.1. The number of cyclic esters (lactones) is 1. The Kier molecular flexibility index (Phi) is 4.30. The number of rotatable bonds is 2. The standard InChI is InChI=1S/C23H32O7/c1-20-6-3-16-17(23(20,29)9-5-15(20)13-10-18(25)30-12-13)4-7-21(28)11-14(24)2-8-22(16,21)19(26)27/h10,14-17,24,28-29H,2-9,11-12H2,1H3,(H,26,27)/p-1/t14-,15-,16-,17-,20+,21+,22+,23-/m0/s1. The first-order valence-corrected chi connectivity index (χ1v) is 11.3. The Bertz CT molecular complexity index is 822. The summed E-state index contributed by atoms with van der Waals surface area (Å²) in [6.45, 7) is 2.34. The van der Waals surface area contributed by atoms with Crippen molar-refractivity contribution in [1.29, 1.82) is 0 Å². The van der Waals surface area contributed by atoms with E-state index < -0.39 is 34.1 Å². The summed E-state index contributed by atoms with van der Waals surface area (Å²) in [5.74, 6) is -2.19. The van der Waals surface area contributed by atoms with Crippen LogP contribution in [0.1, 0.15) is 64.7 Å². The molecule has 0 bridgehead atoms. The molecule has 30 heavy (non-hydrogen) atoms. The lowest BCUT2D eigenvalue weighted by Crippen LogP contribution is -2.72. The normalized spacial score (nSPS) is 52.7. The number of carbonyl (C=O) groups is 2. The van der Waals surface area contributed by atoms with Gasteiger partial charge in [-0.3, -0.25) is 0 Å². The van der Waals surface area contributed by atoms with Gasteiger partial charge < -0.3 is 30.0 Å². The third kappa shape index (κ3) is 2.32. The molecule has 0 spiro atoms. The lowest BCUT2D eigenvalue weighted by molar-refractivity contribution is -0.350. The van der Waals surface area contributed by atoms with Crippen molar-refractivity contribution < 1.29 is 34.8 Å². The number of carbonyl (C=O) groups excluding carboxylic acids is 2. The van der Waals surface area contributed by atoms with E-state index in [1.807, 2.05) is 0 Å². The van der Waals surface area contributed by atoms with Gasteiger partial charge in [-0.2, -0.15) is 0 Å². The van der Waals surface area contributed by atoms with Crippen LogP contribution in [0, 0.1) is 28.6 Å². The van der Waals surface area contributed by atoms with E-state index in [2.05, 4.69) is 6.92 Å². The van der Waals surface area contributed by atoms with E-state index in [1.165, 1.54) is 0 Å². The molecule has 3 N–H and O–H groups in total. The number of fused-ring (bicyclic) bond motifs is 5. The number of ether oxygens (including phenoxy) is 1. The Balaban J connectivity index is 1.54. The van der Waals surface area contributed by atoms with Gasteiger partial charge in [0.15, 0.2) is 0 Å². The van der Waals surface area contributed by atoms with Crippen molar-refractivity contribution in [3.05, 3.63) is 11.6 Å². The number of hydrogen-bond donors (Lipinski definition) is 3. The highest BCUT2D eigenvalue weighted by Crippen LogP contribution is 2.70. The summed E-state index contributed by atoms with van der Waals surface area (Å²) in [7, 11) is 0. The molecular formula is C23H31O7-. The Hall–Kier alpha value is -1.44. The summed E-state index contributed by atoms with van der Waals surface area (Å²) < 4.78 is 5.13. The Labute approximate surface area is 176 Å². The number of hydrogen-bond acceptors (Lipinski definition) is 7.